The smallest absolute Gasteiger partial charge is 0.222 e. The Balaban J connectivity index is 1.88. The minimum absolute atomic E-state index is 0.0225. The van der Waals surface area contributed by atoms with E-state index in [1.807, 2.05) is 72.8 Å². The van der Waals surface area contributed by atoms with Crippen LogP contribution in [0.5, 0.6) is 0 Å². The highest BCUT2D eigenvalue weighted by Gasteiger charge is 2.46. The van der Waals surface area contributed by atoms with Gasteiger partial charge in [0.15, 0.2) is 0 Å². The molecule has 0 saturated carbocycles. The molecule has 1 aliphatic heterocycles. The number of rotatable bonds is 8. The van der Waals surface area contributed by atoms with Crippen molar-refractivity contribution in [3.05, 3.63) is 97.1 Å². The van der Waals surface area contributed by atoms with E-state index in [0.29, 0.717) is 6.61 Å². The zero-order chi connectivity index (χ0) is 17.5. The molecule has 1 fully saturated rings. The number of nitrogens with one attached hydrogen (secondary N) is 1. The second-order valence-corrected chi connectivity index (χ2v) is 6.11. The van der Waals surface area contributed by atoms with Crippen molar-refractivity contribution >= 4 is 0 Å². The fourth-order valence-electron chi connectivity index (χ4n) is 3.16. The van der Waals surface area contributed by atoms with Gasteiger partial charge in [-0.05, 0) is 13.0 Å². The van der Waals surface area contributed by atoms with Crippen molar-refractivity contribution < 1.29 is 9.47 Å². The van der Waals surface area contributed by atoms with E-state index in [4.69, 9.17) is 9.47 Å². The van der Waals surface area contributed by atoms with E-state index in [9.17, 15) is 0 Å². The van der Waals surface area contributed by atoms with E-state index in [1.165, 1.54) is 0 Å². The monoisotopic (exact) mass is 335 g/mol. The van der Waals surface area contributed by atoms with Crippen molar-refractivity contribution in [3.63, 3.8) is 0 Å². The summed E-state index contributed by atoms with van der Waals surface area (Å²) < 4.78 is 12.8. The van der Waals surface area contributed by atoms with E-state index in [2.05, 4.69) is 18.5 Å². The molecule has 0 spiro atoms. The molecule has 1 N–H and O–H groups in total. The SMILES string of the molecule is C=CCCN[C@@H](C=C)[C@H]1COC(c2ccccc2)(c2ccccc2)O1. The first kappa shape index (κ1) is 17.6. The lowest BCUT2D eigenvalue weighted by molar-refractivity contribution is -0.144. The van der Waals surface area contributed by atoms with Crippen LogP contribution in [0.25, 0.3) is 0 Å². The van der Waals surface area contributed by atoms with Gasteiger partial charge in [-0.1, -0.05) is 72.8 Å². The van der Waals surface area contributed by atoms with Crippen molar-refractivity contribution in [2.45, 2.75) is 24.4 Å². The third-order valence-corrected chi connectivity index (χ3v) is 4.46. The average Bonchev–Trinajstić information content (AvgIpc) is 3.13. The van der Waals surface area contributed by atoms with Crippen LogP contribution in [0.2, 0.25) is 0 Å². The summed E-state index contributed by atoms with van der Waals surface area (Å²) in [4.78, 5) is 0. The predicted octanol–water partition coefficient (Wildman–Crippen LogP) is 4.02. The normalized spacial score (nSPS) is 20.1. The van der Waals surface area contributed by atoms with Crippen LogP contribution in [-0.2, 0) is 15.3 Å². The van der Waals surface area contributed by atoms with Crippen LogP contribution < -0.4 is 5.32 Å². The Morgan fingerprint density at radius 2 is 1.64 bits per heavy atom. The quantitative estimate of drug-likeness (QED) is 0.584. The third-order valence-electron chi connectivity index (χ3n) is 4.46. The Labute approximate surface area is 150 Å². The number of hydrogen-bond acceptors (Lipinski definition) is 3. The molecule has 0 aliphatic carbocycles. The Bertz CT molecular complexity index is 644. The van der Waals surface area contributed by atoms with Gasteiger partial charge in [0.1, 0.15) is 6.10 Å². The second-order valence-electron chi connectivity index (χ2n) is 6.11. The number of hydrogen-bond donors (Lipinski definition) is 1. The molecule has 130 valence electrons. The predicted molar refractivity (Wildman–Crippen MR) is 101 cm³/mol. The molecule has 0 radical (unpaired) electrons. The summed E-state index contributed by atoms with van der Waals surface area (Å²) in [6.07, 6.45) is 4.59. The van der Waals surface area contributed by atoms with Crippen LogP contribution in [0.15, 0.2) is 86.0 Å². The summed E-state index contributed by atoms with van der Waals surface area (Å²) in [5.74, 6) is -0.880. The molecular weight excluding hydrogens is 310 g/mol. The van der Waals surface area contributed by atoms with E-state index in [-0.39, 0.29) is 12.1 Å². The molecule has 0 bridgehead atoms. The average molecular weight is 335 g/mol. The van der Waals surface area contributed by atoms with Crippen molar-refractivity contribution in [1.29, 1.82) is 0 Å². The molecule has 1 aliphatic rings. The molecule has 3 rings (SSSR count). The highest BCUT2D eigenvalue weighted by Crippen LogP contribution is 2.41. The first-order valence-electron chi connectivity index (χ1n) is 8.70. The van der Waals surface area contributed by atoms with Crippen LogP contribution >= 0.6 is 0 Å². The summed E-state index contributed by atoms with van der Waals surface area (Å²) in [7, 11) is 0. The Hall–Kier alpha value is -2.20. The first-order valence-corrected chi connectivity index (χ1v) is 8.70. The standard InChI is InChI=1S/C22H25NO2/c1-3-5-16-23-20(4-2)21-17-24-22(25-21,18-12-8-6-9-13-18)19-14-10-7-11-15-19/h3-4,6-15,20-21,23H,1-2,5,16-17H2/t20-,21+/m0/s1. The molecular formula is C22H25NO2. The Morgan fingerprint density at radius 3 is 2.16 bits per heavy atom. The summed E-state index contributed by atoms with van der Waals surface area (Å²) in [6, 6.07) is 20.2. The van der Waals surface area contributed by atoms with Gasteiger partial charge in [0.05, 0.1) is 12.6 Å². The number of benzene rings is 2. The van der Waals surface area contributed by atoms with E-state index < -0.39 is 5.79 Å². The molecule has 0 aromatic heterocycles. The Morgan fingerprint density at radius 1 is 1.04 bits per heavy atom. The van der Waals surface area contributed by atoms with Crippen LogP contribution in [0, 0.1) is 0 Å². The van der Waals surface area contributed by atoms with Gasteiger partial charge in [-0.15, -0.1) is 13.2 Å². The summed E-state index contributed by atoms with van der Waals surface area (Å²) in [5.41, 5.74) is 2.00. The molecule has 1 saturated heterocycles. The molecule has 1 heterocycles. The van der Waals surface area contributed by atoms with E-state index >= 15 is 0 Å². The lowest BCUT2D eigenvalue weighted by Gasteiger charge is -2.30. The van der Waals surface area contributed by atoms with Gasteiger partial charge in [0, 0.05) is 11.1 Å². The van der Waals surface area contributed by atoms with Crippen molar-refractivity contribution in [2.75, 3.05) is 13.2 Å². The van der Waals surface area contributed by atoms with E-state index in [0.717, 1.165) is 24.1 Å². The first-order chi connectivity index (χ1) is 12.3. The lowest BCUT2D eigenvalue weighted by atomic mass is 9.97. The molecule has 0 unspecified atom stereocenters. The maximum absolute atomic E-state index is 6.52. The summed E-state index contributed by atoms with van der Waals surface area (Å²) in [5, 5.41) is 3.46. The van der Waals surface area contributed by atoms with Crippen LogP contribution in [0.1, 0.15) is 17.5 Å². The topological polar surface area (TPSA) is 30.5 Å². The molecule has 2 aromatic rings. The van der Waals surface area contributed by atoms with Gasteiger partial charge >= 0.3 is 0 Å². The van der Waals surface area contributed by atoms with Crippen molar-refractivity contribution in [1.82, 2.24) is 5.32 Å². The minimum atomic E-state index is -0.880. The maximum Gasteiger partial charge on any atom is 0.222 e. The van der Waals surface area contributed by atoms with Crippen molar-refractivity contribution in [3.8, 4) is 0 Å². The zero-order valence-corrected chi connectivity index (χ0v) is 14.4. The molecule has 3 heteroatoms. The van der Waals surface area contributed by atoms with Gasteiger partial charge in [-0.3, -0.25) is 0 Å². The highest BCUT2D eigenvalue weighted by atomic mass is 16.7. The third kappa shape index (κ3) is 3.74. The summed E-state index contributed by atoms with van der Waals surface area (Å²) in [6.45, 7) is 9.05. The van der Waals surface area contributed by atoms with Gasteiger partial charge in [-0.2, -0.15) is 0 Å². The maximum atomic E-state index is 6.52. The van der Waals surface area contributed by atoms with Crippen molar-refractivity contribution in [2.24, 2.45) is 0 Å². The second kappa shape index (κ2) is 8.26. The minimum Gasteiger partial charge on any atom is -0.339 e. The van der Waals surface area contributed by atoms with Gasteiger partial charge in [0.25, 0.3) is 0 Å². The Kier molecular flexibility index (Phi) is 5.82. The molecule has 0 amide bonds. The van der Waals surface area contributed by atoms with Crippen LogP contribution in [-0.4, -0.2) is 25.3 Å². The fraction of sp³-hybridized carbons (Fsp3) is 0.273. The van der Waals surface area contributed by atoms with Gasteiger partial charge < -0.3 is 14.8 Å². The van der Waals surface area contributed by atoms with Crippen LogP contribution in [0.3, 0.4) is 0 Å². The van der Waals surface area contributed by atoms with Gasteiger partial charge in [-0.25, -0.2) is 0 Å². The largest absolute Gasteiger partial charge is 0.339 e. The molecule has 2 aromatic carbocycles. The zero-order valence-electron chi connectivity index (χ0n) is 14.4. The molecule has 3 nitrogen and oxygen atoms in total. The highest BCUT2D eigenvalue weighted by molar-refractivity contribution is 5.34. The molecule has 2 atom stereocenters. The van der Waals surface area contributed by atoms with E-state index in [1.54, 1.807) is 0 Å². The molecule has 25 heavy (non-hydrogen) atoms. The summed E-state index contributed by atoms with van der Waals surface area (Å²) >= 11 is 0. The lowest BCUT2D eigenvalue weighted by Crippen LogP contribution is -2.41. The fourth-order valence-corrected chi connectivity index (χ4v) is 3.16. The number of ether oxygens (including phenoxy) is 2. The van der Waals surface area contributed by atoms with Crippen LogP contribution in [0.4, 0.5) is 0 Å². The van der Waals surface area contributed by atoms with Gasteiger partial charge in [0.2, 0.25) is 5.79 Å².